The molecule has 0 spiro atoms. The summed E-state index contributed by atoms with van der Waals surface area (Å²) in [6.07, 6.45) is 2.88. The normalized spacial score (nSPS) is 11.8. The molecular formula is C17H28N4O3. The second kappa shape index (κ2) is 8.08. The molecule has 2 amide bonds. The summed E-state index contributed by atoms with van der Waals surface area (Å²) < 4.78 is 5.10. The number of carbonyl (C=O) groups excluding carboxylic acids is 2. The van der Waals surface area contributed by atoms with Crippen molar-refractivity contribution in [2.45, 2.75) is 65.5 Å². The van der Waals surface area contributed by atoms with Crippen molar-refractivity contribution < 1.29 is 14.3 Å². The second-order valence-electron chi connectivity index (χ2n) is 7.60. The molecule has 0 aromatic carbocycles. The Bertz CT molecular complexity index is 574. The van der Waals surface area contributed by atoms with E-state index < -0.39 is 11.7 Å². The highest BCUT2D eigenvalue weighted by Gasteiger charge is 2.20. The summed E-state index contributed by atoms with van der Waals surface area (Å²) >= 11 is 0. The molecule has 0 saturated carbocycles. The first-order valence-electron chi connectivity index (χ1n) is 8.02. The molecule has 1 aromatic heterocycles. The van der Waals surface area contributed by atoms with E-state index in [1.54, 1.807) is 27.0 Å². The fraction of sp³-hybridized carbons (Fsp3) is 0.647. The van der Waals surface area contributed by atoms with E-state index in [-0.39, 0.29) is 24.3 Å². The molecule has 0 saturated heterocycles. The van der Waals surface area contributed by atoms with Crippen LogP contribution in [0.15, 0.2) is 12.5 Å². The van der Waals surface area contributed by atoms with Crippen LogP contribution >= 0.6 is 0 Å². The lowest BCUT2D eigenvalue weighted by Gasteiger charge is -2.21. The van der Waals surface area contributed by atoms with E-state index >= 15 is 0 Å². The van der Waals surface area contributed by atoms with Gasteiger partial charge in [0, 0.05) is 36.7 Å². The number of nitrogens with zero attached hydrogens (tertiary/aromatic N) is 2. The minimum atomic E-state index is -0.553. The highest BCUT2D eigenvalue weighted by atomic mass is 16.6. The molecule has 0 unspecified atom stereocenters. The number of hydrogen-bond donors (Lipinski definition) is 2. The number of rotatable bonds is 5. The average Bonchev–Trinajstić information content (AvgIpc) is 2.42. The lowest BCUT2D eigenvalue weighted by molar-refractivity contribution is -0.121. The Morgan fingerprint density at radius 2 is 1.79 bits per heavy atom. The van der Waals surface area contributed by atoms with Gasteiger partial charge in [0.25, 0.3) is 0 Å². The zero-order chi connectivity index (χ0) is 18.4. The predicted octanol–water partition coefficient (Wildman–Crippen LogP) is 2.31. The fourth-order valence-electron chi connectivity index (χ4n) is 2.04. The van der Waals surface area contributed by atoms with Crippen molar-refractivity contribution in [3.05, 3.63) is 23.8 Å². The molecule has 1 heterocycles. The van der Waals surface area contributed by atoms with E-state index in [4.69, 9.17) is 4.74 Å². The Morgan fingerprint density at radius 1 is 1.12 bits per heavy atom. The van der Waals surface area contributed by atoms with E-state index in [1.165, 1.54) is 6.33 Å². The highest BCUT2D eigenvalue weighted by molar-refractivity contribution is 5.77. The van der Waals surface area contributed by atoms with Gasteiger partial charge < -0.3 is 15.4 Å². The van der Waals surface area contributed by atoms with Gasteiger partial charge in [0.05, 0.1) is 5.69 Å². The number of carbonyl (C=O) groups is 2. The smallest absolute Gasteiger partial charge is 0.407 e. The number of aromatic nitrogens is 2. The Hall–Kier alpha value is -2.18. The van der Waals surface area contributed by atoms with E-state index in [1.807, 2.05) is 0 Å². The zero-order valence-corrected chi connectivity index (χ0v) is 15.4. The molecule has 0 aliphatic rings. The molecule has 7 nitrogen and oxygen atoms in total. The number of ether oxygens (including phenoxy) is 1. The number of nitrogens with one attached hydrogen (secondary N) is 2. The minimum Gasteiger partial charge on any atom is -0.444 e. The monoisotopic (exact) mass is 336 g/mol. The second-order valence-corrected chi connectivity index (χ2v) is 7.60. The summed E-state index contributed by atoms with van der Waals surface area (Å²) in [6.45, 7) is 12.1. The Kier molecular flexibility index (Phi) is 6.69. The molecule has 0 aliphatic heterocycles. The van der Waals surface area contributed by atoms with Gasteiger partial charge in [0.1, 0.15) is 11.9 Å². The molecule has 0 aliphatic carbocycles. The van der Waals surface area contributed by atoms with Crippen LogP contribution in [0.25, 0.3) is 0 Å². The van der Waals surface area contributed by atoms with Gasteiger partial charge in [0.2, 0.25) is 5.91 Å². The third kappa shape index (κ3) is 7.39. The van der Waals surface area contributed by atoms with Gasteiger partial charge in [-0.25, -0.2) is 14.8 Å². The maximum atomic E-state index is 11.9. The number of alkyl carbamates (subject to hydrolysis) is 1. The summed E-state index contributed by atoms with van der Waals surface area (Å²) in [6, 6.07) is 0. The summed E-state index contributed by atoms with van der Waals surface area (Å²) in [5, 5.41) is 5.38. The topological polar surface area (TPSA) is 93.2 Å². The van der Waals surface area contributed by atoms with Crippen LogP contribution in [-0.2, 0) is 21.5 Å². The fourth-order valence-corrected chi connectivity index (χ4v) is 2.04. The van der Waals surface area contributed by atoms with Crippen molar-refractivity contribution in [3.63, 3.8) is 0 Å². The molecular weight excluding hydrogens is 308 g/mol. The van der Waals surface area contributed by atoms with Crippen LogP contribution in [0.1, 0.15) is 59.2 Å². The SMILES string of the molecule is CC(C)(C)OC(=O)NCCC(=O)NCc1cncnc1C(C)(C)C. The molecule has 1 rings (SSSR count). The minimum absolute atomic E-state index is 0.124. The van der Waals surface area contributed by atoms with Crippen molar-refractivity contribution in [1.82, 2.24) is 20.6 Å². The van der Waals surface area contributed by atoms with Crippen LogP contribution in [0.3, 0.4) is 0 Å². The Labute approximate surface area is 143 Å². The molecule has 134 valence electrons. The lowest BCUT2D eigenvalue weighted by atomic mass is 9.89. The summed E-state index contributed by atoms with van der Waals surface area (Å²) in [7, 11) is 0. The Balaban J connectivity index is 2.42. The van der Waals surface area contributed by atoms with Gasteiger partial charge >= 0.3 is 6.09 Å². The molecule has 7 heteroatoms. The van der Waals surface area contributed by atoms with Crippen LogP contribution in [-0.4, -0.2) is 34.1 Å². The number of hydrogen-bond acceptors (Lipinski definition) is 5. The van der Waals surface area contributed by atoms with Crippen molar-refractivity contribution in [2.24, 2.45) is 0 Å². The summed E-state index contributed by atoms with van der Waals surface area (Å²) in [5.74, 6) is -0.158. The van der Waals surface area contributed by atoms with E-state index in [0.29, 0.717) is 6.54 Å². The van der Waals surface area contributed by atoms with Crippen molar-refractivity contribution >= 4 is 12.0 Å². The predicted molar refractivity (Wildman–Crippen MR) is 91.4 cm³/mol. The molecule has 2 N–H and O–H groups in total. The molecule has 0 atom stereocenters. The summed E-state index contributed by atoms with van der Waals surface area (Å²) in [4.78, 5) is 31.7. The molecule has 0 fully saturated rings. The zero-order valence-electron chi connectivity index (χ0n) is 15.4. The van der Waals surface area contributed by atoms with E-state index in [0.717, 1.165) is 11.3 Å². The first-order chi connectivity index (χ1) is 11.0. The Morgan fingerprint density at radius 3 is 2.38 bits per heavy atom. The maximum absolute atomic E-state index is 11.9. The average molecular weight is 336 g/mol. The molecule has 24 heavy (non-hydrogen) atoms. The van der Waals surface area contributed by atoms with Gasteiger partial charge in [-0.3, -0.25) is 4.79 Å². The molecule has 1 aromatic rings. The van der Waals surface area contributed by atoms with Gasteiger partial charge in [-0.15, -0.1) is 0 Å². The largest absolute Gasteiger partial charge is 0.444 e. The maximum Gasteiger partial charge on any atom is 0.407 e. The molecule has 0 bridgehead atoms. The van der Waals surface area contributed by atoms with Crippen LogP contribution in [0.5, 0.6) is 0 Å². The first kappa shape index (κ1) is 19.9. The molecule has 0 radical (unpaired) electrons. The lowest BCUT2D eigenvalue weighted by Crippen LogP contribution is -2.35. The van der Waals surface area contributed by atoms with Crippen molar-refractivity contribution in [2.75, 3.05) is 6.54 Å². The standard InChI is InChI=1S/C17H28N4O3/c1-16(2,3)14-12(9-18-11-21-14)10-20-13(22)7-8-19-15(23)24-17(4,5)6/h9,11H,7-8,10H2,1-6H3,(H,19,23)(H,20,22). The van der Waals surface area contributed by atoms with Crippen molar-refractivity contribution in [3.8, 4) is 0 Å². The van der Waals surface area contributed by atoms with Crippen LogP contribution in [0.2, 0.25) is 0 Å². The van der Waals surface area contributed by atoms with Gasteiger partial charge in [-0.1, -0.05) is 20.8 Å². The quantitative estimate of drug-likeness (QED) is 0.860. The van der Waals surface area contributed by atoms with Crippen LogP contribution in [0, 0.1) is 0 Å². The highest BCUT2D eigenvalue weighted by Crippen LogP contribution is 2.22. The van der Waals surface area contributed by atoms with E-state index in [2.05, 4.69) is 41.4 Å². The van der Waals surface area contributed by atoms with Crippen LogP contribution in [0.4, 0.5) is 4.79 Å². The van der Waals surface area contributed by atoms with E-state index in [9.17, 15) is 9.59 Å². The summed E-state index contributed by atoms with van der Waals surface area (Å²) in [5.41, 5.74) is 1.12. The van der Waals surface area contributed by atoms with Crippen LogP contribution < -0.4 is 10.6 Å². The van der Waals surface area contributed by atoms with Crippen molar-refractivity contribution in [1.29, 1.82) is 0 Å². The number of amides is 2. The van der Waals surface area contributed by atoms with Gasteiger partial charge in [0.15, 0.2) is 0 Å². The first-order valence-corrected chi connectivity index (χ1v) is 8.02. The third-order valence-corrected chi connectivity index (χ3v) is 2.99. The third-order valence-electron chi connectivity index (χ3n) is 2.99. The van der Waals surface area contributed by atoms with Gasteiger partial charge in [-0.2, -0.15) is 0 Å². The van der Waals surface area contributed by atoms with Gasteiger partial charge in [-0.05, 0) is 20.8 Å².